The van der Waals surface area contributed by atoms with Crippen molar-refractivity contribution < 1.29 is 4.74 Å². The number of hydrogen-bond acceptors (Lipinski definition) is 3. The molecule has 3 nitrogen and oxygen atoms in total. The molecule has 0 spiro atoms. The molecule has 5 heteroatoms. The average Bonchev–Trinajstić information content (AvgIpc) is 3.22. The molecular formula is C22H20Cl2N2O. The molecule has 3 aromatic rings. The van der Waals surface area contributed by atoms with Crippen LogP contribution < -0.4 is 10.1 Å². The molecule has 2 aromatic carbocycles. The van der Waals surface area contributed by atoms with Crippen LogP contribution in [-0.2, 0) is 0 Å². The Kier molecular flexibility index (Phi) is 5.63. The summed E-state index contributed by atoms with van der Waals surface area (Å²) in [6.45, 7) is 1.89. The highest BCUT2D eigenvalue weighted by Crippen LogP contribution is 2.37. The van der Waals surface area contributed by atoms with Gasteiger partial charge in [0.25, 0.3) is 0 Å². The van der Waals surface area contributed by atoms with Crippen molar-refractivity contribution in [1.82, 2.24) is 10.3 Å². The number of aromatic nitrogens is 1. The van der Waals surface area contributed by atoms with Crippen LogP contribution >= 0.6 is 23.2 Å². The number of ether oxygens (including phenoxy) is 1. The Morgan fingerprint density at radius 3 is 2.56 bits per heavy atom. The molecule has 138 valence electrons. The summed E-state index contributed by atoms with van der Waals surface area (Å²) in [5.74, 6) is 1.02. The third kappa shape index (κ3) is 4.27. The van der Waals surface area contributed by atoms with Gasteiger partial charge in [0.2, 0.25) is 0 Å². The van der Waals surface area contributed by atoms with E-state index in [1.807, 2.05) is 48.7 Å². The summed E-state index contributed by atoms with van der Waals surface area (Å²) in [6.07, 6.45) is 4.35. The fraction of sp³-hybridized carbons (Fsp3) is 0.227. The number of pyridine rings is 1. The van der Waals surface area contributed by atoms with Gasteiger partial charge in [0.15, 0.2) is 0 Å². The molecule has 1 unspecified atom stereocenters. The van der Waals surface area contributed by atoms with E-state index < -0.39 is 0 Å². The minimum Gasteiger partial charge on any atom is -0.484 e. The van der Waals surface area contributed by atoms with Crippen LogP contribution in [0.2, 0.25) is 10.0 Å². The number of benzene rings is 2. The zero-order chi connectivity index (χ0) is 18.6. The topological polar surface area (TPSA) is 34.1 Å². The van der Waals surface area contributed by atoms with Gasteiger partial charge in [-0.1, -0.05) is 59.6 Å². The largest absolute Gasteiger partial charge is 0.484 e. The Morgan fingerprint density at radius 1 is 1.00 bits per heavy atom. The van der Waals surface area contributed by atoms with Crippen molar-refractivity contribution in [2.75, 3.05) is 13.1 Å². The van der Waals surface area contributed by atoms with Crippen LogP contribution in [0.5, 0.6) is 5.75 Å². The highest BCUT2D eigenvalue weighted by molar-refractivity contribution is 6.32. The van der Waals surface area contributed by atoms with Crippen LogP contribution in [0.1, 0.15) is 18.1 Å². The maximum atomic E-state index is 6.57. The van der Waals surface area contributed by atoms with E-state index in [1.54, 1.807) is 6.20 Å². The molecule has 1 saturated heterocycles. The quantitative estimate of drug-likeness (QED) is 0.590. The van der Waals surface area contributed by atoms with Crippen LogP contribution in [0.4, 0.5) is 0 Å². The Balaban J connectivity index is 1.63. The van der Waals surface area contributed by atoms with Gasteiger partial charge >= 0.3 is 0 Å². The predicted octanol–water partition coefficient (Wildman–Crippen LogP) is 5.79. The lowest BCUT2D eigenvalue weighted by atomic mass is 9.96. The van der Waals surface area contributed by atoms with Crippen LogP contribution in [-0.4, -0.2) is 18.1 Å². The molecule has 0 saturated carbocycles. The smallest absolute Gasteiger partial charge is 0.138 e. The molecule has 1 N–H and O–H groups in total. The van der Waals surface area contributed by atoms with Crippen molar-refractivity contribution in [1.29, 1.82) is 0 Å². The van der Waals surface area contributed by atoms with Gasteiger partial charge in [0, 0.05) is 30.4 Å². The zero-order valence-corrected chi connectivity index (χ0v) is 16.3. The van der Waals surface area contributed by atoms with Gasteiger partial charge in [-0.2, -0.15) is 0 Å². The van der Waals surface area contributed by atoms with Gasteiger partial charge in [-0.15, -0.1) is 0 Å². The van der Waals surface area contributed by atoms with Crippen LogP contribution in [0.25, 0.3) is 11.1 Å². The van der Waals surface area contributed by atoms with E-state index in [4.69, 9.17) is 27.9 Å². The van der Waals surface area contributed by atoms with Gasteiger partial charge in [-0.25, -0.2) is 0 Å². The fourth-order valence-electron chi connectivity index (χ4n) is 3.50. The minimum absolute atomic E-state index is 0.147. The SMILES string of the molecule is Clc1cncc([C@@H](Oc2ccc(-c3ccccc3)cc2Cl)C2CCNC2)c1. The lowest BCUT2D eigenvalue weighted by Crippen LogP contribution is -2.21. The molecule has 1 fully saturated rings. The van der Waals surface area contributed by atoms with E-state index in [9.17, 15) is 0 Å². The van der Waals surface area contributed by atoms with Crippen molar-refractivity contribution in [3.05, 3.63) is 82.6 Å². The average molecular weight is 399 g/mol. The first-order valence-electron chi connectivity index (χ1n) is 9.03. The van der Waals surface area contributed by atoms with Crippen LogP contribution in [0.15, 0.2) is 67.0 Å². The highest BCUT2D eigenvalue weighted by atomic mass is 35.5. The maximum absolute atomic E-state index is 6.57. The van der Waals surface area contributed by atoms with Gasteiger partial charge in [0.1, 0.15) is 11.9 Å². The molecule has 0 radical (unpaired) electrons. The van der Waals surface area contributed by atoms with Crippen molar-refractivity contribution in [2.24, 2.45) is 5.92 Å². The second-order valence-electron chi connectivity index (χ2n) is 6.74. The lowest BCUT2D eigenvalue weighted by molar-refractivity contribution is 0.144. The van der Waals surface area contributed by atoms with Gasteiger partial charge in [-0.3, -0.25) is 4.98 Å². The minimum atomic E-state index is -0.147. The molecule has 2 heterocycles. The second-order valence-corrected chi connectivity index (χ2v) is 7.58. The van der Waals surface area contributed by atoms with Crippen LogP contribution in [0.3, 0.4) is 0 Å². The molecule has 0 amide bonds. The molecule has 1 aliphatic rings. The molecule has 0 bridgehead atoms. The van der Waals surface area contributed by atoms with Crippen molar-refractivity contribution in [3.8, 4) is 16.9 Å². The van der Waals surface area contributed by atoms with Crippen molar-refractivity contribution in [3.63, 3.8) is 0 Å². The molecule has 27 heavy (non-hydrogen) atoms. The van der Waals surface area contributed by atoms with E-state index in [0.29, 0.717) is 21.7 Å². The van der Waals surface area contributed by atoms with Crippen molar-refractivity contribution in [2.45, 2.75) is 12.5 Å². The lowest BCUT2D eigenvalue weighted by Gasteiger charge is -2.25. The molecule has 1 aliphatic heterocycles. The van der Waals surface area contributed by atoms with Gasteiger partial charge < -0.3 is 10.1 Å². The summed E-state index contributed by atoms with van der Waals surface area (Å²) in [5.41, 5.74) is 3.16. The number of nitrogens with one attached hydrogen (secondary N) is 1. The Labute approximate surface area is 169 Å². The normalized spacial score (nSPS) is 17.6. The molecule has 4 rings (SSSR count). The molecular weight excluding hydrogens is 379 g/mol. The number of halogens is 2. The summed E-state index contributed by atoms with van der Waals surface area (Å²) in [6, 6.07) is 18.0. The van der Waals surface area contributed by atoms with E-state index >= 15 is 0 Å². The molecule has 1 aromatic heterocycles. The Morgan fingerprint density at radius 2 is 1.85 bits per heavy atom. The first-order chi connectivity index (χ1) is 13.2. The van der Waals surface area contributed by atoms with Gasteiger partial charge in [0.05, 0.1) is 10.0 Å². The summed E-state index contributed by atoms with van der Waals surface area (Å²) in [5, 5.41) is 4.61. The third-order valence-corrected chi connectivity index (χ3v) is 5.38. The first-order valence-corrected chi connectivity index (χ1v) is 9.79. The standard InChI is InChI=1S/C22H20Cl2N2O/c23-19-10-18(13-26-14-19)22(17-8-9-25-12-17)27-21-7-6-16(11-20(21)24)15-4-2-1-3-5-15/h1-7,10-11,13-14,17,22,25H,8-9,12H2/t17?,22-/m0/s1. The summed E-state index contributed by atoms with van der Waals surface area (Å²) in [7, 11) is 0. The number of hydrogen-bond donors (Lipinski definition) is 1. The summed E-state index contributed by atoms with van der Waals surface area (Å²) < 4.78 is 6.39. The second kappa shape index (κ2) is 8.30. The zero-order valence-electron chi connectivity index (χ0n) is 14.7. The Hall–Kier alpha value is -2.07. The van der Waals surface area contributed by atoms with Crippen molar-refractivity contribution >= 4 is 23.2 Å². The maximum Gasteiger partial charge on any atom is 0.138 e. The molecule has 0 aliphatic carbocycles. The predicted molar refractivity (Wildman–Crippen MR) is 110 cm³/mol. The Bertz CT molecular complexity index is 911. The summed E-state index contributed by atoms with van der Waals surface area (Å²) >= 11 is 12.7. The van der Waals surface area contributed by atoms with E-state index in [1.165, 1.54) is 0 Å². The molecule has 2 atom stereocenters. The highest BCUT2D eigenvalue weighted by Gasteiger charge is 2.29. The van der Waals surface area contributed by atoms with Crippen LogP contribution in [0, 0.1) is 5.92 Å². The van der Waals surface area contributed by atoms with Gasteiger partial charge in [-0.05, 0) is 42.3 Å². The number of rotatable bonds is 5. The fourth-order valence-corrected chi connectivity index (χ4v) is 3.91. The van der Waals surface area contributed by atoms with E-state index in [2.05, 4.69) is 22.4 Å². The third-order valence-electron chi connectivity index (χ3n) is 4.87. The monoisotopic (exact) mass is 398 g/mol. The van der Waals surface area contributed by atoms with E-state index in [0.717, 1.165) is 36.2 Å². The van der Waals surface area contributed by atoms with E-state index in [-0.39, 0.29) is 6.10 Å². The summed E-state index contributed by atoms with van der Waals surface area (Å²) in [4.78, 5) is 4.23. The first kappa shape index (κ1) is 18.3. The number of nitrogens with zero attached hydrogens (tertiary/aromatic N) is 1.